The number of rotatable bonds is 3. The molecule has 0 aromatic heterocycles. The average Bonchev–Trinajstić information content (AvgIpc) is 2.38. The first kappa shape index (κ1) is 14.7. The quantitative estimate of drug-likeness (QED) is 0.653. The average molecular weight is 278 g/mol. The van der Waals surface area contributed by atoms with Gasteiger partial charge in [-0.25, -0.2) is 4.79 Å². The van der Waals surface area contributed by atoms with E-state index in [0.29, 0.717) is 5.69 Å². The zero-order valence-corrected chi connectivity index (χ0v) is 12.0. The molecule has 0 amide bonds. The lowest BCUT2D eigenvalue weighted by Gasteiger charge is -2.35. The molecular weight excluding hydrogens is 256 g/mol. The van der Waals surface area contributed by atoms with E-state index in [1.165, 1.54) is 12.1 Å². The zero-order valence-electron chi connectivity index (χ0n) is 12.0. The van der Waals surface area contributed by atoms with Gasteiger partial charge in [-0.2, -0.15) is 0 Å². The molecule has 1 aliphatic rings. The summed E-state index contributed by atoms with van der Waals surface area (Å²) in [6, 6.07) is 4.69. The van der Waals surface area contributed by atoms with Crippen LogP contribution in [0.15, 0.2) is 18.2 Å². The molecule has 1 aliphatic carbocycles. The smallest absolute Gasteiger partial charge is 0.342 e. The van der Waals surface area contributed by atoms with Crippen molar-refractivity contribution in [2.75, 3.05) is 19.8 Å². The summed E-state index contributed by atoms with van der Waals surface area (Å²) >= 11 is 0. The van der Waals surface area contributed by atoms with Crippen LogP contribution < -0.4 is 5.73 Å². The molecule has 0 bridgehead atoms. The van der Waals surface area contributed by atoms with Gasteiger partial charge in [0, 0.05) is 17.8 Å². The summed E-state index contributed by atoms with van der Waals surface area (Å²) in [7, 11) is 4.00. The van der Waals surface area contributed by atoms with Gasteiger partial charge in [0.25, 0.3) is 0 Å². The van der Waals surface area contributed by atoms with Crippen LogP contribution in [-0.2, 0) is 4.74 Å². The SMILES string of the molecule is CN(C)[C@@H]1CCCC[C@@H]1OC(=O)c1ccc(N)cc1O. The van der Waals surface area contributed by atoms with E-state index >= 15 is 0 Å². The number of phenols is 1. The molecule has 2 rings (SSSR count). The van der Waals surface area contributed by atoms with Crippen LogP contribution in [0.5, 0.6) is 5.75 Å². The zero-order chi connectivity index (χ0) is 14.7. The third kappa shape index (κ3) is 3.22. The molecule has 0 saturated heterocycles. The van der Waals surface area contributed by atoms with Crippen molar-refractivity contribution in [3.05, 3.63) is 23.8 Å². The number of esters is 1. The Morgan fingerprint density at radius 2 is 2.05 bits per heavy atom. The maximum atomic E-state index is 12.2. The molecule has 1 fully saturated rings. The fourth-order valence-corrected chi connectivity index (χ4v) is 2.73. The number of phenolic OH excluding ortho intramolecular Hbond substituents is 1. The molecule has 20 heavy (non-hydrogen) atoms. The van der Waals surface area contributed by atoms with E-state index < -0.39 is 5.97 Å². The molecule has 0 heterocycles. The number of benzene rings is 1. The van der Waals surface area contributed by atoms with Crippen LogP contribution in [0.1, 0.15) is 36.0 Å². The first-order chi connectivity index (χ1) is 9.49. The lowest BCUT2D eigenvalue weighted by Crippen LogP contribution is -2.43. The summed E-state index contributed by atoms with van der Waals surface area (Å²) in [4.78, 5) is 14.3. The second kappa shape index (κ2) is 6.13. The Morgan fingerprint density at radius 1 is 1.35 bits per heavy atom. The Morgan fingerprint density at radius 3 is 2.70 bits per heavy atom. The highest BCUT2D eigenvalue weighted by atomic mass is 16.5. The number of aromatic hydroxyl groups is 1. The van der Waals surface area contributed by atoms with Crippen LogP contribution in [0.2, 0.25) is 0 Å². The van der Waals surface area contributed by atoms with Crippen molar-refractivity contribution >= 4 is 11.7 Å². The van der Waals surface area contributed by atoms with Crippen LogP contribution in [-0.4, -0.2) is 42.2 Å². The predicted octanol–water partition coefficient (Wildman–Crippen LogP) is 2.00. The highest BCUT2D eigenvalue weighted by Gasteiger charge is 2.30. The van der Waals surface area contributed by atoms with E-state index in [1.807, 2.05) is 14.1 Å². The minimum Gasteiger partial charge on any atom is -0.507 e. The van der Waals surface area contributed by atoms with Crippen LogP contribution in [0.4, 0.5) is 5.69 Å². The normalized spacial score (nSPS) is 22.8. The first-order valence-corrected chi connectivity index (χ1v) is 6.95. The number of hydrogen-bond donors (Lipinski definition) is 2. The molecule has 110 valence electrons. The molecule has 0 unspecified atom stereocenters. The van der Waals surface area contributed by atoms with Gasteiger partial charge >= 0.3 is 5.97 Å². The van der Waals surface area contributed by atoms with Crippen molar-refractivity contribution in [2.45, 2.75) is 37.8 Å². The van der Waals surface area contributed by atoms with Crippen LogP contribution in [0.3, 0.4) is 0 Å². The Kier molecular flexibility index (Phi) is 4.49. The summed E-state index contributed by atoms with van der Waals surface area (Å²) in [6.45, 7) is 0. The molecule has 2 atom stereocenters. The summed E-state index contributed by atoms with van der Waals surface area (Å²) in [5.41, 5.74) is 6.14. The van der Waals surface area contributed by atoms with Gasteiger partial charge in [-0.3, -0.25) is 0 Å². The lowest BCUT2D eigenvalue weighted by atomic mass is 9.91. The molecule has 5 nitrogen and oxygen atoms in total. The number of nitrogens with two attached hydrogens (primary N) is 1. The highest BCUT2D eigenvalue weighted by Crippen LogP contribution is 2.27. The predicted molar refractivity (Wildman–Crippen MR) is 77.7 cm³/mol. The van der Waals surface area contributed by atoms with Gasteiger partial charge in [-0.05, 0) is 45.5 Å². The molecular formula is C15H22N2O3. The summed E-state index contributed by atoms with van der Waals surface area (Å²) in [5.74, 6) is -0.617. The minimum atomic E-state index is -0.485. The third-order valence-electron chi connectivity index (χ3n) is 3.83. The molecule has 1 aromatic carbocycles. The van der Waals surface area contributed by atoms with Gasteiger partial charge in [0.1, 0.15) is 17.4 Å². The van der Waals surface area contributed by atoms with Crippen molar-refractivity contribution in [3.63, 3.8) is 0 Å². The summed E-state index contributed by atoms with van der Waals surface area (Å²) in [5, 5.41) is 9.78. The fourth-order valence-electron chi connectivity index (χ4n) is 2.73. The van der Waals surface area contributed by atoms with Gasteiger partial charge in [0.2, 0.25) is 0 Å². The van der Waals surface area contributed by atoms with Gasteiger partial charge in [-0.15, -0.1) is 0 Å². The summed E-state index contributed by atoms with van der Waals surface area (Å²) in [6.07, 6.45) is 3.99. The summed E-state index contributed by atoms with van der Waals surface area (Å²) < 4.78 is 5.59. The van der Waals surface area contributed by atoms with Crippen LogP contribution in [0, 0.1) is 0 Å². The van der Waals surface area contributed by atoms with E-state index in [2.05, 4.69) is 4.90 Å². The van der Waals surface area contributed by atoms with E-state index in [4.69, 9.17) is 10.5 Å². The molecule has 3 N–H and O–H groups in total. The third-order valence-corrected chi connectivity index (χ3v) is 3.83. The highest BCUT2D eigenvalue weighted by molar-refractivity contribution is 5.93. The molecule has 0 spiro atoms. The largest absolute Gasteiger partial charge is 0.507 e. The van der Waals surface area contributed by atoms with Crippen molar-refractivity contribution < 1.29 is 14.6 Å². The van der Waals surface area contributed by atoms with E-state index in [1.54, 1.807) is 6.07 Å². The van der Waals surface area contributed by atoms with Crippen molar-refractivity contribution in [1.29, 1.82) is 0 Å². The number of hydrogen-bond acceptors (Lipinski definition) is 5. The number of likely N-dealkylation sites (N-methyl/N-ethyl adjacent to an activating group) is 1. The number of carbonyl (C=O) groups excluding carboxylic acids is 1. The Hall–Kier alpha value is -1.75. The second-order valence-electron chi connectivity index (χ2n) is 5.54. The number of nitrogen functional groups attached to an aromatic ring is 1. The van der Waals surface area contributed by atoms with Crippen molar-refractivity contribution in [1.82, 2.24) is 4.90 Å². The first-order valence-electron chi connectivity index (χ1n) is 6.95. The topological polar surface area (TPSA) is 75.8 Å². The molecule has 0 radical (unpaired) electrons. The molecule has 0 aliphatic heterocycles. The monoisotopic (exact) mass is 278 g/mol. The Balaban J connectivity index is 2.09. The number of carbonyl (C=O) groups is 1. The molecule has 1 aromatic rings. The maximum Gasteiger partial charge on any atom is 0.342 e. The minimum absolute atomic E-state index is 0.122. The second-order valence-corrected chi connectivity index (χ2v) is 5.54. The maximum absolute atomic E-state index is 12.2. The van der Waals surface area contributed by atoms with Crippen molar-refractivity contribution in [3.8, 4) is 5.75 Å². The van der Waals surface area contributed by atoms with Gasteiger partial charge in [0.05, 0.1) is 0 Å². The van der Waals surface area contributed by atoms with Crippen molar-refractivity contribution in [2.24, 2.45) is 0 Å². The van der Waals surface area contributed by atoms with E-state index in [0.717, 1.165) is 25.7 Å². The number of anilines is 1. The van der Waals surface area contributed by atoms with Crippen LogP contribution in [0.25, 0.3) is 0 Å². The van der Waals surface area contributed by atoms with Gasteiger partial charge in [-0.1, -0.05) is 6.42 Å². The van der Waals surface area contributed by atoms with Gasteiger partial charge in [0.15, 0.2) is 0 Å². The molecule has 1 saturated carbocycles. The Bertz CT molecular complexity index is 488. The van der Waals surface area contributed by atoms with Gasteiger partial charge < -0.3 is 20.5 Å². The van der Waals surface area contributed by atoms with E-state index in [-0.39, 0.29) is 23.5 Å². The van der Waals surface area contributed by atoms with E-state index in [9.17, 15) is 9.90 Å². The number of nitrogens with zero attached hydrogens (tertiary/aromatic N) is 1. The van der Waals surface area contributed by atoms with Crippen LogP contribution >= 0.6 is 0 Å². The fraction of sp³-hybridized carbons (Fsp3) is 0.533. The lowest BCUT2D eigenvalue weighted by molar-refractivity contribution is -0.00738. The standard InChI is InChI=1S/C15H22N2O3/c1-17(2)12-5-3-4-6-14(12)20-15(19)11-8-7-10(16)9-13(11)18/h7-9,12,14,18H,3-6,16H2,1-2H3/t12-,14+/m1/s1. The molecule has 5 heteroatoms. The number of ether oxygens (including phenoxy) is 1. The Labute approximate surface area is 119 Å².